The molecule has 2 aromatic heterocycles. The monoisotopic (exact) mass is 333 g/mol. The number of halogens is 1. The summed E-state index contributed by atoms with van der Waals surface area (Å²) in [4.78, 5) is 32.6. The van der Waals surface area contributed by atoms with Crippen molar-refractivity contribution in [3.8, 4) is 0 Å². The molecule has 2 atom stereocenters. The Bertz CT molecular complexity index is 778. The van der Waals surface area contributed by atoms with Crippen molar-refractivity contribution in [2.24, 2.45) is 5.73 Å². The quantitative estimate of drug-likeness (QED) is 0.666. The highest BCUT2D eigenvalue weighted by atomic mass is 19.1. The number of aromatic nitrogens is 4. The summed E-state index contributed by atoms with van der Waals surface area (Å²) >= 11 is 0. The third-order valence-electron chi connectivity index (χ3n) is 3.90. The number of rotatable bonds is 4. The van der Waals surface area contributed by atoms with E-state index in [4.69, 9.17) is 5.73 Å². The normalized spacial score (nSPS) is 20.2. The van der Waals surface area contributed by atoms with Gasteiger partial charge in [-0.15, -0.1) is 0 Å². The Kier molecular flexibility index (Phi) is 4.11. The molecule has 24 heavy (non-hydrogen) atoms. The number of nitrogens with zero attached hydrogens (tertiary/aromatic N) is 4. The van der Waals surface area contributed by atoms with Gasteiger partial charge in [0.1, 0.15) is 17.8 Å². The largest absolute Gasteiger partial charge is 0.364 e. The zero-order valence-corrected chi connectivity index (χ0v) is 12.9. The fourth-order valence-corrected chi connectivity index (χ4v) is 2.76. The average Bonchev–Trinajstić information content (AvgIpc) is 3.14. The lowest BCUT2D eigenvalue weighted by Crippen LogP contribution is -2.37. The Hall–Kier alpha value is -3.04. The van der Waals surface area contributed by atoms with Crippen LogP contribution in [-0.2, 0) is 0 Å². The molecule has 1 saturated heterocycles. The number of carbonyl (C=O) groups is 2. The number of aromatic amines is 1. The maximum absolute atomic E-state index is 13.2. The molecule has 3 heterocycles. The second-order valence-electron chi connectivity index (χ2n) is 5.64. The highest BCUT2D eigenvalue weighted by Crippen LogP contribution is 2.23. The first-order chi connectivity index (χ1) is 11.4. The molecule has 0 aliphatic carbocycles. The van der Waals surface area contributed by atoms with Crippen LogP contribution >= 0.6 is 0 Å². The van der Waals surface area contributed by atoms with Crippen LogP contribution < -0.4 is 16.0 Å². The van der Waals surface area contributed by atoms with Gasteiger partial charge in [-0.1, -0.05) is 0 Å². The molecule has 10 heteroatoms. The molecule has 2 unspecified atom stereocenters. The number of H-pyrrole nitrogens is 1. The van der Waals surface area contributed by atoms with Crippen LogP contribution in [0.1, 0.15) is 34.3 Å². The van der Waals surface area contributed by atoms with Crippen LogP contribution in [-0.4, -0.2) is 50.6 Å². The molecule has 2 aromatic rings. The molecule has 0 radical (unpaired) electrons. The van der Waals surface area contributed by atoms with Crippen LogP contribution in [0.15, 0.2) is 18.5 Å². The van der Waals surface area contributed by atoms with E-state index in [1.54, 1.807) is 0 Å². The first kappa shape index (κ1) is 15.8. The van der Waals surface area contributed by atoms with Gasteiger partial charge in [-0.3, -0.25) is 14.7 Å². The summed E-state index contributed by atoms with van der Waals surface area (Å²) in [5.74, 6) is -1.22. The van der Waals surface area contributed by atoms with Gasteiger partial charge in [-0.05, 0) is 13.3 Å². The summed E-state index contributed by atoms with van der Waals surface area (Å²) in [7, 11) is 0. The van der Waals surface area contributed by atoms with E-state index in [2.05, 4.69) is 25.5 Å². The molecule has 2 amide bonds. The van der Waals surface area contributed by atoms with Crippen LogP contribution in [0.2, 0.25) is 0 Å². The Morgan fingerprint density at radius 3 is 2.88 bits per heavy atom. The van der Waals surface area contributed by atoms with E-state index in [-0.39, 0.29) is 29.4 Å². The van der Waals surface area contributed by atoms with Gasteiger partial charge < -0.3 is 16.0 Å². The standard InChI is InChI=1S/C14H16FN7O2/c1-7-2-8(5-22(7)12-4-11(15)17-6-18-12)19-14(24)10-3-9(13(16)23)20-21-10/h3-4,6-8H,2,5H2,1H3,(H2,16,23)(H,19,24)(H,20,21). The lowest BCUT2D eigenvalue weighted by molar-refractivity contribution is 0.0934. The minimum atomic E-state index is -0.711. The zero-order valence-electron chi connectivity index (χ0n) is 12.9. The van der Waals surface area contributed by atoms with Crippen molar-refractivity contribution >= 4 is 17.6 Å². The van der Waals surface area contributed by atoms with Crippen LogP contribution in [0.4, 0.5) is 10.2 Å². The summed E-state index contributed by atoms with van der Waals surface area (Å²) < 4.78 is 13.2. The van der Waals surface area contributed by atoms with Gasteiger partial charge in [0, 0.05) is 30.8 Å². The third-order valence-corrected chi connectivity index (χ3v) is 3.90. The van der Waals surface area contributed by atoms with E-state index in [9.17, 15) is 14.0 Å². The Morgan fingerprint density at radius 1 is 1.42 bits per heavy atom. The SMILES string of the molecule is CC1CC(NC(=O)c2cc(C(N)=O)n[nH]2)CN1c1cc(F)ncn1. The molecule has 9 nitrogen and oxygen atoms in total. The molecular weight excluding hydrogens is 317 g/mol. The van der Waals surface area contributed by atoms with Gasteiger partial charge in [0.2, 0.25) is 5.95 Å². The molecule has 0 spiro atoms. The lowest BCUT2D eigenvalue weighted by Gasteiger charge is -2.22. The van der Waals surface area contributed by atoms with Gasteiger partial charge in [0.05, 0.1) is 0 Å². The Balaban J connectivity index is 1.66. The minimum absolute atomic E-state index is 0.00183. The first-order valence-electron chi connectivity index (χ1n) is 7.34. The van der Waals surface area contributed by atoms with Gasteiger partial charge in [-0.25, -0.2) is 9.97 Å². The van der Waals surface area contributed by atoms with E-state index >= 15 is 0 Å². The number of primary amides is 1. The summed E-state index contributed by atoms with van der Waals surface area (Å²) in [6.45, 7) is 2.45. The minimum Gasteiger partial charge on any atom is -0.364 e. The number of hydrogen-bond donors (Lipinski definition) is 3. The van der Waals surface area contributed by atoms with Crippen molar-refractivity contribution in [1.29, 1.82) is 0 Å². The van der Waals surface area contributed by atoms with Crippen LogP contribution in [0, 0.1) is 5.95 Å². The van der Waals surface area contributed by atoms with Crippen LogP contribution in [0.5, 0.6) is 0 Å². The molecular formula is C14H16FN7O2. The van der Waals surface area contributed by atoms with Crippen molar-refractivity contribution in [2.45, 2.75) is 25.4 Å². The number of carbonyl (C=O) groups excluding carboxylic acids is 2. The highest BCUT2D eigenvalue weighted by molar-refractivity contribution is 5.97. The third kappa shape index (κ3) is 3.16. The number of hydrogen-bond acceptors (Lipinski definition) is 6. The number of nitrogens with one attached hydrogen (secondary N) is 2. The van der Waals surface area contributed by atoms with Crippen molar-refractivity contribution in [3.63, 3.8) is 0 Å². The van der Waals surface area contributed by atoms with E-state index in [1.807, 2.05) is 11.8 Å². The molecule has 0 bridgehead atoms. The Morgan fingerprint density at radius 2 is 2.21 bits per heavy atom. The molecule has 0 aromatic carbocycles. The van der Waals surface area contributed by atoms with Crippen molar-refractivity contribution in [2.75, 3.05) is 11.4 Å². The molecule has 1 fully saturated rings. The molecule has 1 aliphatic heterocycles. The van der Waals surface area contributed by atoms with E-state index in [0.717, 1.165) is 0 Å². The van der Waals surface area contributed by atoms with E-state index in [0.29, 0.717) is 18.8 Å². The summed E-state index contributed by atoms with van der Waals surface area (Å²) in [5.41, 5.74) is 5.26. The maximum atomic E-state index is 13.2. The Labute approximate surface area is 136 Å². The molecule has 0 saturated carbocycles. The first-order valence-corrected chi connectivity index (χ1v) is 7.34. The second-order valence-corrected chi connectivity index (χ2v) is 5.64. The van der Waals surface area contributed by atoms with Crippen LogP contribution in [0.25, 0.3) is 0 Å². The predicted molar refractivity (Wildman–Crippen MR) is 81.8 cm³/mol. The molecule has 126 valence electrons. The van der Waals surface area contributed by atoms with Gasteiger partial charge in [0.15, 0.2) is 5.69 Å². The van der Waals surface area contributed by atoms with Crippen molar-refractivity contribution in [1.82, 2.24) is 25.5 Å². The van der Waals surface area contributed by atoms with Crippen molar-refractivity contribution < 1.29 is 14.0 Å². The van der Waals surface area contributed by atoms with Gasteiger partial charge >= 0.3 is 0 Å². The van der Waals surface area contributed by atoms with E-state index < -0.39 is 11.9 Å². The molecule has 4 N–H and O–H groups in total. The summed E-state index contributed by atoms with van der Waals surface area (Å²) in [6.07, 6.45) is 1.84. The zero-order chi connectivity index (χ0) is 17.3. The molecule has 3 rings (SSSR count). The number of nitrogens with two attached hydrogens (primary N) is 1. The maximum Gasteiger partial charge on any atom is 0.269 e. The van der Waals surface area contributed by atoms with Gasteiger partial charge in [-0.2, -0.15) is 9.49 Å². The second kappa shape index (κ2) is 6.22. The highest BCUT2D eigenvalue weighted by Gasteiger charge is 2.31. The number of anilines is 1. The lowest BCUT2D eigenvalue weighted by atomic mass is 10.2. The fourth-order valence-electron chi connectivity index (χ4n) is 2.76. The summed E-state index contributed by atoms with van der Waals surface area (Å²) in [6, 6.07) is 2.49. The number of amides is 2. The fraction of sp³-hybridized carbons (Fsp3) is 0.357. The average molecular weight is 333 g/mol. The van der Waals surface area contributed by atoms with Crippen molar-refractivity contribution in [3.05, 3.63) is 35.8 Å². The van der Waals surface area contributed by atoms with Crippen LogP contribution in [0.3, 0.4) is 0 Å². The smallest absolute Gasteiger partial charge is 0.269 e. The molecule has 1 aliphatic rings. The predicted octanol–water partition coefficient (Wildman–Crippen LogP) is -0.165. The topological polar surface area (TPSA) is 130 Å². The van der Waals surface area contributed by atoms with Gasteiger partial charge in [0.25, 0.3) is 11.8 Å². The van der Waals surface area contributed by atoms with E-state index in [1.165, 1.54) is 18.5 Å². The summed E-state index contributed by atoms with van der Waals surface area (Å²) in [5, 5.41) is 9.00.